The van der Waals surface area contributed by atoms with E-state index in [1.165, 1.54) is 0 Å². The minimum atomic E-state index is -0.738. The second kappa shape index (κ2) is 6.43. The van der Waals surface area contributed by atoms with Gasteiger partial charge in [-0.3, -0.25) is 14.7 Å². The molecule has 2 heterocycles. The van der Waals surface area contributed by atoms with Crippen molar-refractivity contribution in [3.8, 4) is 5.75 Å². The Bertz CT molecular complexity index is 530. The molecule has 2 rings (SSSR count). The summed E-state index contributed by atoms with van der Waals surface area (Å²) in [7, 11) is 1.65. The van der Waals surface area contributed by atoms with Crippen molar-refractivity contribution in [1.29, 1.82) is 0 Å². The third-order valence-electron chi connectivity index (χ3n) is 4.36. The number of carboxylic acid groups (broad SMARTS) is 1. The van der Waals surface area contributed by atoms with Crippen LogP contribution in [0.25, 0.3) is 0 Å². The number of pyridine rings is 1. The summed E-state index contributed by atoms with van der Waals surface area (Å²) < 4.78 is 5.42. The van der Waals surface area contributed by atoms with Crippen molar-refractivity contribution < 1.29 is 14.6 Å². The van der Waals surface area contributed by atoms with Gasteiger partial charge in [0.25, 0.3) is 0 Å². The molecule has 21 heavy (non-hydrogen) atoms. The summed E-state index contributed by atoms with van der Waals surface area (Å²) in [5.74, 6) is 0.569. The van der Waals surface area contributed by atoms with Crippen LogP contribution in [0.3, 0.4) is 0 Å². The van der Waals surface area contributed by atoms with Gasteiger partial charge in [-0.25, -0.2) is 0 Å². The fourth-order valence-electron chi connectivity index (χ4n) is 3.06. The third kappa shape index (κ3) is 3.35. The number of carbonyl (C=O) groups is 1. The largest absolute Gasteiger partial charge is 0.496 e. The van der Waals surface area contributed by atoms with Gasteiger partial charge < -0.3 is 9.84 Å². The molecule has 1 aliphatic rings. The molecule has 0 amide bonds. The molecule has 5 nitrogen and oxygen atoms in total. The van der Waals surface area contributed by atoms with Crippen LogP contribution in [0.15, 0.2) is 6.20 Å². The van der Waals surface area contributed by atoms with Crippen LogP contribution in [0.2, 0.25) is 0 Å². The highest BCUT2D eigenvalue weighted by atomic mass is 16.5. The highest BCUT2D eigenvalue weighted by Crippen LogP contribution is 2.28. The van der Waals surface area contributed by atoms with E-state index in [0.717, 1.165) is 35.5 Å². The Kier molecular flexibility index (Phi) is 4.83. The number of nitrogens with zero attached hydrogens (tertiary/aromatic N) is 2. The van der Waals surface area contributed by atoms with Gasteiger partial charge in [0, 0.05) is 23.9 Å². The molecule has 0 bridgehead atoms. The van der Waals surface area contributed by atoms with Crippen molar-refractivity contribution in [1.82, 2.24) is 9.88 Å². The average molecular weight is 292 g/mol. The number of ether oxygens (including phenoxy) is 1. The van der Waals surface area contributed by atoms with Crippen LogP contribution >= 0.6 is 0 Å². The Morgan fingerprint density at radius 3 is 2.86 bits per heavy atom. The second-order valence-electron chi connectivity index (χ2n) is 6.00. The molecular formula is C16H24N2O3. The molecule has 1 aromatic heterocycles. The number of methoxy groups -OCH3 is 1. The molecule has 2 unspecified atom stereocenters. The predicted molar refractivity (Wildman–Crippen MR) is 80.5 cm³/mol. The van der Waals surface area contributed by atoms with Crippen LogP contribution in [0, 0.1) is 19.8 Å². The summed E-state index contributed by atoms with van der Waals surface area (Å²) in [5.41, 5.74) is 2.90. The number of hydrogen-bond acceptors (Lipinski definition) is 4. The smallest absolute Gasteiger partial charge is 0.320 e. The first-order chi connectivity index (χ1) is 9.93. The molecule has 0 spiro atoms. The standard InChI is InChI=1S/C16H24N2O3/c1-10-5-6-18(14(7-10)16(19)20)9-13-12(3)15(21-4)11(2)8-17-13/h8,10,14H,5-7,9H2,1-4H3,(H,19,20). The van der Waals surface area contributed by atoms with Gasteiger partial charge in [0.1, 0.15) is 11.8 Å². The first-order valence-corrected chi connectivity index (χ1v) is 7.40. The van der Waals surface area contributed by atoms with E-state index in [9.17, 15) is 9.90 Å². The van der Waals surface area contributed by atoms with E-state index in [1.807, 2.05) is 18.7 Å². The van der Waals surface area contributed by atoms with Crippen LogP contribution in [0.4, 0.5) is 0 Å². The maximum absolute atomic E-state index is 11.5. The third-order valence-corrected chi connectivity index (χ3v) is 4.36. The number of aryl methyl sites for hydroxylation is 1. The lowest BCUT2D eigenvalue weighted by Gasteiger charge is -2.36. The Balaban J connectivity index is 2.22. The summed E-state index contributed by atoms with van der Waals surface area (Å²) in [6, 6.07) is -0.415. The molecule has 1 fully saturated rings. The zero-order valence-electron chi connectivity index (χ0n) is 13.2. The molecule has 0 aliphatic carbocycles. The van der Waals surface area contributed by atoms with Gasteiger partial charge in [-0.2, -0.15) is 0 Å². The molecule has 2 atom stereocenters. The van der Waals surface area contributed by atoms with E-state index >= 15 is 0 Å². The van der Waals surface area contributed by atoms with Crippen molar-refractivity contribution in [3.63, 3.8) is 0 Å². The lowest BCUT2D eigenvalue weighted by Crippen LogP contribution is -2.46. The Morgan fingerprint density at radius 2 is 2.24 bits per heavy atom. The van der Waals surface area contributed by atoms with E-state index in [4.69, 9.17) is 4.74 Å². The Labute approximate surface area is 125 Å². The summed E-state index contributed by atoms with van der Waals surface area (Å²) in [6.45, 7) is 7.43. The van der Waals surface area contributed by atoms with E-state index in [-0.39, 0.29) is 0 Å². The maximum Gasteiger partial charge on any atom is 0.320 e. The number of aliphatic carboxylic acids is 1. The topological polar surface area (TPSA) is 62.7 Å². The number of carboxylic acids is 1. The first kappa shape index (κ1) is 15.8. The van der Waals surface area contributed by atoms with E-state index in [2.05, 4.69) is 11.9 Å². The summed E-state index contributed by atoms with van der Waals surface area (Å²) in [4.78, 5) is 18.0. The van der Waals surface area contributed by atoms with Gasteiger partial charge in [0.15, 0.2) is 0 Å². The fourth-order valence-corrected chi connectivity index (χ4v) is 3.06. The van der Waals surface area contributed by atoms with Gasteiger partial charge in [-0.05, 0) is 39.2 Å². The van der Waals surface area contributed by atoms with E-state index in [1.54, 1.807) is 13.3 Å². The molecule has 116 valence electrons. The quantitative estimate of drug-likeness (QED) is 0.923. The lowest BCUT2D eigenvalue weighted by molar-refractivity contribution is -0.145. The van der Waals surface area contributed by atoms with Gasteiger partial charge in [-0.1, -0.05) is 6.92 Å². The highest BCUT2D eigenvalue weighted by Gasteiger charge is 2.32. The molecule has 0 aromatic carbocycles. The molecule has 1 N–H and O–H groups in total. The Morgan fingerprint density at radius 1 is 1.52 bits per heavy atom. The molecule has 5 heteroatoms. The van der Waals surface area contributed by atoms with Crippen LogP contribution in [-0.2, 0) is 11.3 Å². The van der Waals surface area contributed by atoms with Crippen molar-refractivity contribution in [3.05, 3.63) is 23.0 Å². The van der Waals surface area contributed by atoms with E-state index in [0.29, 0.717) is 18.9 Å². The zero-order valence-corrected chi connectivity index (χ0v) is 13.2. The number of rotatable bonds is 4. The van der Waals surface area contributed by atoms with Gasteiger partial charge in [0.05, 0.1) is 12.8 Å². The van der Waals surface area contributed by atoms with Gasteiger partial charge in [-0.15, -0.1) is 0 Å². The van der Waals surface area contributed by atoms with Crippen LogP contribution in [0.5, 0.6) is 5.75 Å². The lowest BCUT2D eigenvalue weighted by atomic mass is 9.92. The van der Waals surface area contributed by atoms with Crippen molar-refractivity contribution in [2.45, 2.75) is 46.2 Å². The molecule has 1 aromatic rings. The number of likely N-dealkylation sites (tertiary alicyclic amines) is 1. The van der Waals surface area contributed by atoms with Crippen LogP contribution in [-0.4, -0.2) is 40.7 Å². The summed E-state index contributed by atoms with van der Waals surface area (Å²) in [6.07, 6.45) is 3.53. The van der Waals surface area contributed by atoms with Crippen molar-refractivity contribution >= 4 is 5.97 Å². The number of piperidine rings is 1. The molecule has 1 aliphatic heterocycles. The normalized spacial score (nSPS) is 23.0. The first-order valence-electron chi connectivity index (χ1n) is 7.40. The highest BCUT2D eigenvalue weighted by molar-refractivity contribution is 5.73. The number of hydrogen-bond donors (Lipinski definition) is 1. The number of aromatic nitrogens is 1. The van der Waals surface area contributed by atoms with Crippen LogP contribution < -0.4 is 4.74 Å². The van der Waals surface area contributed by atoms with Gasteiger partial charge >= 0.3 is 5.97 Å². The molecule has 0 radical (unpaired) electrons. The second-order valence-corrected chi connectivity index (χ2v) is 6.00. The average Bonchev–Trinajstić information content (AvgIpc) is 2.44. The monoisotopic (exact) mass is 292 g/mol. The summed E-state index contributed by atoms with van der Waals surface area (Å²) in [5, 5.41) is 9.43. The SMILES string of the molecule is COc1c(C)cnc(CN2CCC(C)CC2C(=O)O)c1C. The summed E-state index contributed by atoms with van der Waals surface area (Å²) >= 11 is 0. The van der Waals surface area contributed by atoms with Gasteiger partial charge in [0.2, 0.25) is 0 Å². The molecule has 1 saturated heterocycles. The minimum Gasteiger partial charge on any atom is -0.496 e. The molecule has 0 saturated carbocycles. The minimum absolute atomic E-state index is 0.415. The molecular weight excluding hydrogens is 268 g/mol. The van der Waals surface area contributed by atoms with E-state index < -0.39 is 12.0 Å². The predicted octanol–water partition coefficient (Wildman–Crippen LogP) is 2.39. The Hall–Kier alpha value is -1.62. The fraction of sp³-hybridized carbons (Fsp3) is 0.625. The van der Waals surface area contributed by atoms with Crippen molar-refractivity contribution in [2.75, 3.05) is 13.7 Å². The zero-order chi connectivity index (χ0) is 15.6. The maximum atomic E-state index is 11.5. The van der Waals surface area contributed by atoms with Crippen molar-refractivity contribution in [2.24, 2.45) is 5.92 Å². The van der Waals surface area contributed by atoms with Crippen LogP contribution in [0.1, 0.15) is 36.6 Å².